The molecule has 4 aliphatic rings. The van der Waals surface area contributed by atoms with E-state index in [0.717, 1.165) is 41.8 Å². The second kappa shape index (κ2) is 13.1. The maximum Gasteiger partial charge on any atom is 0.346 e. The molecule has 0 bridgehead atoms. The number of thiophene rings is 1. The maximum atomic E-state index is 17.3. The zero-order valence-corrected chi connectivity index (χ0v) is 31.2. The highest BCUT2D eigenvalue weighted by atomic mass is 35.5. The van der Waals surface area contributed by atoms with E-state index in [4.69, 9.17) is 38.7 Å². The van der Waals surface area contributed by atoms with Gasteiger partial charge in [-0.1, -0.05) is 24.6 Å². The van der Waals surface area contributed by atoms with Crippen molar-refractivity contribution in [2.75, 3.05) is 43.4 Å². The van der Waals surface area contributed by atoms with Gasteiger partial charge in [0.2, 0.25) is 5.28 Å². The molecule has 0 spiro atoms. The van der Waals surface area contributed by atoms with Crippen LogP contribution in [0.2, 0.25) is 10.3 Å². The average Bonchev–Trinajstić information content (AvgIpc) is 3.99. The third kappa shape index (κ3) is 5.37. The number of hydrogen-bond donors (Lipinski definition) is 1. The van der Waals surface area contributed by atoms with E-state index in [9.17, 15) is 14.4 Å². The molecule has 7 heterocycles. The molecule has 5 aromatic rings. The van der Waals surface area contributed by atoms with Gasteiger partial charge in [0.15, 0.2) is 5.82 Å². The number of nitriles is 1. The smallest absolute Gasteiger partial charge is 0.346 e. The molecule has 3 unspecified atom stereocenters. The van der Waals surface area contributed by atoms with Crippen molar-refractivity contribution in [2.45, 2.75) is 62.8 Å². The molecule has 2 N–H and O–H groups in total. The van der Waals surface area contributed by atoms with Crippen molar-refractivity contribution >= 4 is 72.4 Å². The number of carbonyl (C=O) groups is 1. The third-order valence-corrected chi connectivity index (χ3v) is 13.2. The topological polar surface area (TPSA) is 142 Å². The van der Waals surface area contributed by atoms with Crippen LogP contribution < -0.4 is 15.4 Å². The molecule has 5 atom stereocenters. The number of alkyl halides is 1. The van der Waals surface area contributed by atoms with Gasteiger partial charge in [-0.3, -0.25) is 4.90 Å². The monoisotopic (exact) mass is 796 g/mol. The van der Waals surface area contributed by atoms with Gasteiger partial charge in [0.25, 0.3) is 0 Å². The largest absolute Gasteiger partial charge is 0.461 e. The van der Waals surface area contributed by atoms with E-state index in [1.54, 1.807) is 11.0 Å². The number of nitrogen functional groups attached to an aromatic ring is 1. The minimum atomic E-state index is -0.976. The normalized spacial score (nSPS) is 25.2. The second-order valence-electron chi connectivity index (χ2n) is 14.5. The molecule has 4 saturated heterocycles. The van der Waals surface area contributed by atoms with Gasteiger partial charge in [0.1, 0.15) is 47.3 Å². The molecule has 4 fully saturated rings. The summed E-state index contributed by atoms with van der Waals surface area (Å²) in [6.07, 6.45) is 3.70. The quantitative estimate of drug-likeness (QED) is 0.190. The summed E-state index contributed by atoms with van der Waals surface area (Å²) in [6.45, 7) is 4.11. The van der Waals surface area contributed by atoms with Crippen molar-refractivity contribution in [3.8, 4) is 23.2 Å². The molecule has 12 nitrogen and oxygen atoms in total. The minimum absolute atomic E-state index is 0.00557. The maximum absolute atomic E-state index is 17.3. The van der Waals surface area contributed by atoms with Crippen molar-refractivity contribution in [1.29, 1.82) is 5.26 Å². The molecule has 0 aliphatic carbocycles. The molecular formula is C36H33Cl2F3N10O2S. The fourth-order valence-corrected chi connectivity index (χ4v) is 10.8. The van der Waals surface area contributed by atoms with Crippen LogP contribution in [0.5, 0.6) is 6.01 Å². The van der Waals surface area contributed by atoms with E-state index < -0.39 is 23.3 Å². The first-order valence-electron chi connectivity index (χ1n) is 17.8. The molecular weight excluding hydrogens is 764 g/mol. The first-order valence-corrected chi connectivity index (χ1v) is 19.4. The van der Waals surface area contributed by atoms with Crippen LogP contribution in [0.4, 0.5) is 28.8 Å². The van der Waals surface area contributed by atoms with Crippen molar-refractivity contribution in [1.82, 2.24) is 34.5 Å². The van der Waals surface area contributed by atoms with Gasteiger partial charge in [-0.25, -0.2) is 22.9 Å². The molecule has 280 valence electrons. The lowest BCUT2D eigenvalue weighted by Crippen LogP contribution is -2.43. The molecule has 1 amide bonds. The van der Waals surface area contributed by atoms with Gasteiger partial charge >= 0.3 is 12.0 Å². The molecule has 0 radical (unpaired) electrons. The summed E-state index contributed by atoms with van der Waals surface area (Å²) in [5.74, 6) is -0.984. The van der Waals surface area contributed by atoms with E-state index in [1.807, 2.05) is 13.0 Å². The highest BCUT2D eigenvalue weighted by Gasteiger charge is 2.51. The number of hydrogen-bond acceptors (Lipinski definition) is 11. The molecule has 4 aliphatic heterocycles. The Morgan fingerprint density at radius 3 is 2.81 bits per heavy atom. The van der Waals surface area contributed by atoms with E-state index in [0.29, 0.717) is 43.7 Å². The van der Waals surface area contributed by atoms with Gasteiger partial charge in [-0.05, 0) is 61.5 Å². The Morgan fingerprint density at radius 1 is 1.22 bits per heavy atom. The lowest BCUT2D eigenvalue weighted by atomic mass is 9.94. The lowest BCUT2D eigenvalue weighted by molar-refractivity contribution is 0.107. The molecule has 3 aromatic heterocycles. The summed E-state index contributed by atoms with van der Waals surface area (Å²) in [6, 6.07) is 5.40. The van der Waals surface area contributed by atoms with Gasteiger partial charge in [0, 0.05) is 54.4 Å². The fourth-order valence-electron chi connectivity index (χ4n) is 9.45. The Balaban J connectivity index is 1.17. The summed E-state index contributed by atoms with van der Waals surface area (Å²) in [7, 11) is 0. The highest BCUT2D eigenvalue weighted by molar-refractivity contribution is 7.23. The van der Waals surface area contributed by atoms with Crippen molar-refractivity contribution in [2.24, 2.45) is 5.92 Å². The molecule has 54 heavy (non-hydrogen) atoms. The van der Waals surface area contributed by atoms with Crippen LogP contribution >= 0.6 is 34.5 Å². The number of carbonyl (C=O) groups excluding carboxylic acids is 1. The molecule has 0 saturated carbocycles. The molecule has 9 rings (SSSR count). The number of fused-ring (bicyclic) bond motifs is 4. The van der Waals surface area contributed by atoms with Crippen LogP contribution in [0.15, 0.2) is 24.5 Å². The van der Waals surface area contributed by atoms with Crippen LogP contribution in [0.3, 0.4) is 0 Å². The number of rotatable bonds is 6. The van der Waals surface area contributed by atoms with Crippen LogP contribution in [0.25, 0.3) is 32.1 Å². The van der Waals surface area contributed by atoms with Gasteiger partial charge < -0.3 is 20.3 Å². The van der Waals surface area contributed by atoms with E-state index in [-0.39, 0.29) is 84.3 Å². The predicted octanol–water partition coefficient (Wildman–Crippen LogP) is 7.05. The first kappa shape index (κ1) is 35.3. The van der Waals surface area contributed by atoms with Crippen LogP contribution in [0, 0.1) is 28.9 Å². The Bertz CT molecular complexity index is 2410. The number of ether oxygens (including phenoxy) is 1. The summed E-state index contributed by atoms with van der Waals surface area (Å²) in [5.41, 5.74) is 5.63. The van der Waals surface area contributed by atoms with E-state index in [1.165, 1.54) is 18.5 Å². The third-order valence-electron chi connectivity index (χ3n) is 11.7. The summed E-state index contributed by atoms with van der Waals surface area (Å²) in [5, 5.41) is 14.5. The average molecular weight is 798 g/mol. The second-order valence-corrected chi connectivity index (χ2v) is 16.3. The minimum Gasteiger partial charge on any atom is -0.461 e. The Kier molecular flexibility index (Phi) is 8.56. The number of halogens is 5. The Labute approximate surface area is 321 Å². The number of likely N-dealkylation sites (tertiary alicyclic amines) is 1. The highest BCUT2D eigenvalue weighted by Crippen LogP contribution is 2.48. The first-order chi connectivity index (χ1) is 26.0. The number of benzene rings is 2. The number of aromatic nitrogens is 5. The van der Waals surface area contributed by atoms with Crippen LogP contribution in [-0.4, -0.2) is 97.1 Å². The number of amides is 1. The summed E-state index contributed by atoms with van der Waals surface area (Å²) < 4.78 is 54.5. The summed E-state index contributed by atoms with van der Waals surface area (Å²) in [4.78, 5) is 33.0. The number of nitrogens with zero attached hydrogens (tertiary/aromatic N) is 9. The SMILES string of the molecule is CCC1C2CCN(c3nc(OC[C@@]45CCCN4C[C@H](F)C5)nc4c(F)c(-c5ccc(F)c6sc(N)c(C#N)c56)c(Cl)cc34)C2CN1C(=O)n1cnc(Cl)n1. The zero-order chi connectivity index (χ0) is 37.6. The summed E-state index contributed by atoms with van der Waals surface area (Å²) >= 11 is 13.8. The predicted molar refractivity (Wildman–Crippen MR) is 199 cm³/mol. The fraction of sp³-hybridized carbons (Fsp3) is 0.444. The molecule has 18 heteroatoms. The van der Waals surface area contributed by atoms with Crippen LogP contribution in [0.1, 0.15) is 44.6 Å². The van der Waals surface area contributed by atoms with E-state index in [2.05, 4.69) is 24.9 Å². The van der Waals surface area contributed by atoms with Crippen molar-refractivity contribution in [3.63, 3.8) is 0 Å². The molecule has 2 aromatic carbocycles. The number of nitrogens with two attached hydrogens (primary N) is 1. The van der Waals surface area contributed by atoms with Gasteiger partial charge in [-0.15, -0.1) is 16.4 Å². The van der Waals surface area contributed by atoms with Gasteiger partial charge in [0.05, 0.1) is 26.9 Å². The zero-order valence-electron chi connectivity index (χ0n) is 28.9. The Hall–Kier alpha value is -4.43. The van der Waals surface area contributed by atoms with Crippen molar-refractivity contribution < 1.29 is 22.7 Å². The lowest BCUT2D eigenvalue weighted by Gasteiger charge is -2.31. The van der Waals surface area contributed by atoms with Gasteiger partial charge in [-0.2, -0.15) is 19.9 Å². The van der Waals surface area contributed by atoms with Crippen LogP contribution in [-0.2, 0) is 0 Å². The number of anilines is 2. The van der Waals surface area contributed by atoms with Crippen molar-refractivity contribution in [3.05, 3.63) is 52.0 Å². The van der Waals surface area contributed by atoms with E-state index >= 15 is 8.78 Å². The standard InChI is InChI=1S/C36H33Cl2F3N10O2S/c1-2-24-18-6-9-49(25(18)14-50(24)35(52)51-16-44-33(38)47-51)32-20-10-22(37)27(19-4-5-23(40)30-26(19)21(12-42)31(43)54-30)28(41)29(20)45-34(46-32)53-15-36-7-3-8-48(36)13-17(39)11-36/h4-5,10,16-18,24-25H,2-3,6-9,11,13-15,43H2,1H3/t17-,18?,24?,25?,36+/m1/s1. The Morgan fingerprint density at radius 2 is 2.06 bits per heavy atom.